The Morgan fingerprint density at radius 2 is 2.09 bits per heavy atom. The van der Waals surface area contributed by atoms with Gasteiger partial charge in [-0.05, 0) is 30.2 Å². The molecule has 7 nitrogen and oxygen atoms in total. The summed E-state index contributed by atoms with van der Waals surface area (Å²) in [5, 5.41) is 15.6. The largest absolute Gasteiger partial charge is 0.522 e. The van der Waals surface area contributed by atoms with Crippen molar-refractivity contribution in [3.8, 4) is 10.9 Å². The fourth-order valence-electron chi connectivity index (χ4n) is 3.67. The molecule has 1 aliphatic carbocycles. The Kier molecular flexibility index (Phi) is 7.36. The molecule has 2 heterocycles. The zero-order chi connectivity index (χ0) is 24.5. The molecule has 2 N–H and O–H groups in total. The Morgan fingerprint density at radius 3 is 2.82 bits per heavy atom. The van der Waals surface area contributed by atoms with Crippen molar-refractivity contribution in [3.63, 3.8) is 0 Å². The van der Waals surface area contributed by atoms with Crippen molar-refractivity contribution < 1.29 is 37.3 Å². The van der Waals surface area contributed by atoms with Gasteiger partial charge >= 0.3 is 6.36 Å². The molecule has 0 spiro atoms. The molecule has 12 heteroatoms. The Balaban J connectivity index is 1.19. The van der Waals surface area contributed by atoms with E-state index in [1.54, 1.807) is 23.6 Å². The number of rotatable bonds is 8. The lowest BCUT2D eigenvalue weighted by atomic mass is 9.92. The average Bonchev–Trinajstić information content (AvgIpc) is 3.20. The molecule has 1 aromatic carbocycles. The van der Waals surface area contributed by atoms with Crippen molar-refractivity contribution >= 4 is 34.4 Å². The third-order valence-corrected chi connectivity index (χ3v) is 6.49. The van der Waals surface area contributed by atoms with Crippen molar-refractivity contribution in [2.24, 2.45) is 0 Å². The number of ether oxygens (including phenoxy) is 3. The van der Waals surface area contributed by atoms with Crippen molar-refractivity contribution in [3.05, 3.63) is 46.4 Å². The van der Waals surface area contributed by atoms with Crippen molar-refractivity contribution in [1.82, 2.24) is 10.3 Å². The van der Waals surface area contributed by atoms with Crippen LogP contribution in [-0.2, 0) is 9.53 Å². The number of nitrogens with one attached hydrogen (secondary N) is 1. The maximum Gasteiger partial charge on any atom is 0.522 e. The van der Waals surface area contributed by atoms with E-state index < -0.39 is 24.7 Å². The zero-order valence-electron chi connectivity index (χ0n) is 17.8. The number of alkyl halides is 3. The van der Waals surface area contributed by atoms with Gasteiger partial charge in [0.15, 0.2) is 6.10 Å². The van der Waals surface area contributed by atoms with E-state index in [0.717, 1.165) is 0 Å². The lowest BCUT2D eigenvalue weighted by Crippen LogP contribution is -2.42. The van der Waals surface area contributed by atoms with E-state index in [2.05, 4.69) is 21.6 Å². The van der Waals surface area contributed by atoms with Gasteiger partial charge in [-0.2, -0.15) is 0 Å². The number of thiazole rings is 1. The number of benzene rings is 1. The third kappa shape index (κ3) is 6.21. The minimum Gasteiger partial charge on any atom is -0.480 e. The van der Waals surface area contributed by atoms with Crippen LogP contribution in [0.4, 0.5) is 13.2 Å². The minimum absolute atomic E-state index is 0.114. The molecule has 2 aliphatic rings. The summed E-state index contributed by atoms with van der Waals surface area (Å²) in [5.74, 6) is 0.0702. The number of aliphatic hydroxyl groups is 1. The summed E-state index contributed by atoms with van der Waals surface area (Å²) >= 11 is 7.17. The molecule has 0 saturated heterocycles. The highest BCUT2D eigenvalue weighted by Crippen LogP contribution is 2.37. The fourth-order valence-corrected chi connectivity index (χ4v) is 4.63. The van der Waals surface area contributed by atoms with Crippen LogP contribution in [0, 0.1) is 0 Å². The van der Waals surface area contributed by atoms with E-state index in [1.165, 1.54) is 11.3 Å². The fraction of sp³-hybridized carbons (Fsp3) is 0.455. The monoisotopic (exact) mass is 518 g/mol. The number of aliphatic hydroxyl groups excluding tert-OH is 1. The second kappa shape index (κ2) is 10.1. The molecule has 1 aromatic heterocycles. The van der Waals surface area contributed by atoms with Crippen LogP contribution in [0.5, 0.6) is 10.9 Å². The molecule has 4 rings (SSSR count). The number of fused-ring (bicyclic) bond motifs is 1. The summed E-state index contributed by atoms with van der Waals surface area (Å²) in [6, 6.07) is 4.87. The summed E-state index contributed by atoms with van der Waals surface area (Å²) in [5.41, 5.74) is 1.81. The van der Waals surface area contributed by atoms with Gasteiger partial charge in [0.2, 0.25) is 0 Å². The summed E-state index contributed by atoms with van der Waals surface area (Å²) in [4.78, 5) is 16.8. The van der Waals surface area contributed by atoms with Crippen molar-refractivity contribution in [2.45, 2.75) is 56.5 Å². The quantitative estimate of drug-likeness (QED) is 0.529. The number of aromatic nitrogens is 1. The Labute approximate surface area is 202 Å². The van der Waals surface area contributed by atoms with Gasteiger partial charge in [-0.15, -0.1) is 13.2 Å². The minimum atomic E-state index is -4.64. The van der Waals surface area contributed by atoms with E-state index in [0.29, 0.717) is 39.2 Å². The molecular weight excluding hydrogens is 497 g/mol. The third-order valence-electron chi connectivity index (χ3n) is 5.52. The van der Waals surface area contributed by atoms with Gasteiger partial charge in [0.25, 0.3) is 11.1 Å². The molecule has 0 bridgehead atoms. The summed E-state index contributed by atoms with van der Waals surface area (Å²) in [7, 11) is 0. The summed E-state index contributed by atoms with van der Waals surface area (Å²) in [6.45, 7) is 4.26. The highest BCUT2D eigenvalue weighted by molar-refractivity contribution is 7.11. The molecule has 2 aromatic rings. The highest BCUT2D eigenvalue weighted by Gasteiger charge is 2.41. The van der Waals surface area contributed by atoms with E-state index in [-0.39, 0.29) is 37.8 Å². The van der Waals surface area contributed by atoms with Crippen LogP contribution in [0.2, 0.25) is 5.02 Å². The van der Waals surface area contributed by atoms with Crippen LogP contribution < -0.4 is 14.8 Å². The molecular formula is C22H22ClF3N2O5S. The van der Waals surface area contributed by atoms with Crippen LogP contribution >= 0.6 is 22.9 Å². The van der Waals surface area contributed by atoms with Gasteiger partial charge in [-0.25, -0.2) is 4.98 Å². The maximum absolute atomic E-state index is 12.5. The number of halogens is 4. The van der Waals surface area contributed by atoms with Gasteiger partial charge in [0.05, 0.1) is 17.9 Å². The van der Waals surface area contributed by atoms with Crippen LogP contribution in [0.25, 0.3) is 5.57 Å². The van der Waals surface area contributed by atoms with Gasteiger partial charge in [0, 0.05) is 41.8 Å². The van der Waals surface area contributed by atoms with Crippen LogP contribution in [0.3, 0.4) is 0 Å². The summed E-state index contributed by atoms with van der Waals surface area (Å²) in [6.07, 6.45) is -6.75. The Hall–Kier alpha value is -2.34. The summed E-state index contributed by atoms with van der Waals surface area (Å²) < 4.78 is 51.8. The van der Waals surface area contributed by atoms with Crippen molar-refractivity contribution in [1.29, 1.82) is 0 Å². The first-order chi connectivity index (χ1) is 16.1. The number of amides is 1. The first kappa shape index (κ1) is 24.8. The second-order valence-corrected chi connectivity index (χ2v) is 9.34. The van der Waals surface area contributed by atoms with E-state index in [1.807, 2.05) is 0 Å². The molecule has 34 heavy (non-hydrogen) atoms. The van der Waals surface area contributed by atoms with Crippen molar-refractivity contribution in [2.75, 3.05) is 6.54 Å². The van der Waals surface area contributed by atoms with Gasteiger partial charge in [0.1, 0.15) is 11.9 Å². The van der Waals surface area contributed by atoms with Gasteiger partial charge in [-0.1, -0.05) is 29.5 Å². The molecule has 0 unspecified atom stereocenters. The maximum atomic E-state index is 12.5. The number of carbonyl (C=O) groups excluding carboxylic acids is 1. The van der Waals surface area contributed by atoms with Crippen LogP contribution in [-0.4, -0.2) is 47.2 Å². The lowest BCUT2D eigenvalue weighted by molar-refractivity contribution is -0.355. The van der Waals surface area contributed by atoms with Gasteiger partial charge in [-0.3, -0.25) is 9.53 Å². The highest BCUT2D eigenvalue weighted by atomic mass is 35.5. The van der Waals surface area contributed by atoms with E-state index in [9.17, 15) is 23.1 Å². The molecule has 1 aliphatic heterocycles. The van der Waals surface area contributed by atoms with Gasteiger partial charge < -0.3 is 19.9 Å². The predicted octanol–water partition coefficient (Wildman–Crippen LogP) is 4.65. The zero-order valence-corrected chi connectivity index (χ0v) is 19.4. The number of nitrogens with zero attached hydrogens (tertiary/aromatic N) is 1. The predicted molar refractivity (Wildman–Crippen MR) is 119 cm³/mol. The average molecular weight is 519 g/mol. The molecule has 184 valence electrons. The first-order valence-electron chi connectivity index (χ1n) is 10.5. The number of carbonyl (C=O) groups is 1. The molecule has 2 atom stereocenters. The Bertz CT molecular complexity index is 1060. The normalized spacial score (nSPS) is 23.9. The van der Waals surface area contributed by atoms with E-state index in [4.69, 9.17) is 21.1 Å². The van der Waals surface area contributed by atoms with Crippen LogP contribution in [0.1, 0.15) is 43.0 Å². The molecule has 1 amide bonds. The number of hydrogen-bond donors (Lipinski definition) is 2. The lowest BCUT2D eigenvalue weighted by Gasteiger charge is -2.34. The molecule has 1 fully saturated rings. The Morgan fingerprint density at radius 1 is 1.32 bits per heavy atom. The molecule has 1 saturated carbocycles. The number of hydrogen-bond acceptors (Lipinski definition) is 7. The first-order valence-corrected chi connectivity index (χ1v) is 11.8. The van der Waals surface area contributed by atoms with E-state index >= 15 is 0 Å². The SMILES string of the molecule is C=C(CCNC(=O)[C@H]1C[C@@H](O)c2cc(Cl)ccc2O1)c1csc(O[C@H]2C[C@@H](OC(F)(F)F)C2)n1. The second-order valence-electron chi connectivity index (χ2n) is 8.08. The standard InChI is InChI=1S/C22H22ClF3N2O5S/c1-11(16-10-34-21(28-16)31-13-7-14(8-13)33-22(24,25)26)4-5-27-20(30)19-9-17(29)15-6-12(23)2-3-18(15)32-19/h2-3,6,10,13-14,17,19,29H,1,4-5,7-9H2,(H,27,30)/t13-,14+,17-,19-/m1/s1. The molecule has 0 radical (unpaired) electrons. The van der Waals surface area contributed by atoms with Crippen LogP contribution in [0.15, 0.2) is 30.2 Å². The smallest absolute Gasteiger partial charge is 0.480 e. The topological polar surface area (TPSA) is 89.9 Å².